The first-order chi connectivity index (χ1) is 17.0. The minimum Gasteiger partial charge on any atom is -0.469 e. The van der Waals surface area contributed by atoms with E-state index < -0.39 is 36.1 Å². The van der Waals surface area contributed by atoms with Crippen LogP contribution in [0.15, 0.2) is 24.3 Å². The number of aliphatic hydroxyl groups is 1. The monoisotopic (exact) mass is 484 g/mol. The van der Waals surface area contributed by atoms with E-state index in [2.05, 4.69) is 16.0 Å². The summed E-state index contributed by atoms with van der Waals surface area (Å²) in [6.07, 6.45) is -2.19. The van der Waals surface area contributed by atoms with Gasteiger partial charge in [-0.05, 0) is 24.3 Å². The molecule has 0 saturated carbocycles. The van der Waals surface area contributed by atoms with Crippen LogP contribution >= 0.6 is 0 Å². The van der Waals surface area contributed by atoms with Gasteiger partial charge in [-0.2, -0.15) is 5.26 Å². The van der Waals surface area contributed by atoms with Gasteiger partial charge in [-0.1, -0.05) is 0 Å². The van der Waals surface area contributed by atoms with Gasteiger partial charge in [0.15, 0.2) is 6.10 Å². The Balaban J connectivity index is 1.32. The number of halogens is 2. The number of H-pyrrole nitrogens is 1. The number of ether oxygens (including phenoxy) is 4. The minimum absolute atomic E-state index is 0.0644. The molecule has 35 heavy (non-hydrogen) atoms. The lowest BCUT2D eigenvalue weighted by molar-refractivity contribution is 0.00789. The van der Waals surface area contributed by atoms with Crippen molar-refractivity contribution >= 4 is 16.7 Å². The molecular weight excluding hydrogens is 462 g/mol. The quantitative estimate of drug-likeness (QED) is 0.579. The number of anilines is 1. The first-order valence-electron chi connectivity index (χ1n) is 11.4. The van der Waals surface area contributed by atoms with E-state index in [0.717, 1.165) is 0 Å². The molecule has 1 aromatic carbocycles. The summed E-state index contributed by atoms with van der Waals surface area (Å²) in [6.45, 7) is 2.45. The third kappa shape index (κ3) is 3.79. The zero-order chi connectivity index (χ0) is 24.1. The highest BCUT2D eigenvalue weighted by Crippen LogP contribution is 2.35. The van der Waals surface area contributed by atoms with Gasteiger partial charge in [0, 0.05) is 18.8 Å². The molecule has 0 aliphatic carbocycles. The predicted molar refractivity (Wildman–Crippen MR) is 119 cm³/mol. The lowest BCUT2D eigenvalue weighted by Gasteiger charge is -2.29. The van der Waals surface area contributed by atoms with Crippen LogP contribution in [0.2, 0.25) is 0 Å². The summed E-state index contributed by atoms with van der Waals surface area (Å²) in [5.41, 5.74) is 1.06. The highest BCUT2D eigenvalue weighted by atomic mass is 19.1. The zero-order valence-corrected chi connectivity index (χ0v) is 18.5. The molecule has 5 heterocycles. The minimum atomic E-state index is -0.741. The summed E-state index contributed by atoms with van der Waals surface area (Å²) < 4.78 is 52.6. The molecule has 3 aliphatic rings. The molecule has 0 bridgehead atoms. The van der Waals surface area contributed by atoms with Crippen molar-refractivity contribution in [2.75, 3.05) is 44.4 Å². The molecule has 182 valence electrons. The second kappa shape index (κ2) is 8.73. The van der Waals surface area contributed by atoms with Gasteiger partial charge >= 0.3 is 0 Å². The van der Waals surface area contributed by atoms with E-state index in [-0.39, 0.29) is 41.4 Å². The van der Waals surface area contributed by atoms with Crippen molar-refractivity contribution in [3.8, 4) is 23.2 Å². The van der Waals surface area contributed by atoms with Crippen LogP contribution in [-0.2, 0) is 14.2 Å². The number of hydrogen-bond donors (Lipinski definition) is 2. The van der Waals surface area contributed by atoms with Crippen LogP contribution in [-0.4, -0.2) is 79.0 Å². The number of fused-ring (bicyclic) bond motifs is 2. The second-order valence-corrected chi connectivity index (χ2v) is 8.74. The summed E-state index contributed by atoms with van der Waals surface area (Å²) in [4.78, 5) is 9.28. The maximum atomic E-state index is 15.1. The number of aliphatic hydroxyl groups excluding tert-OH is 1. The van der Waals surface area contributed by atoms with Crippen LogP contribution in [0.25, 0.3) is 22.3 Å². The lowest BCUT2D eigenvalue weighted by Crippen LogP contribution is -2.36. The molecule has 0 spiro atoms. The molecule has 2 N–H and O–H groups in total. The second-order valence-electron chi connectivity index (χ2n) is 8.74. The van der Waals surface area contributed by atoms with E-state index in [0.29, 0.717) is 37.5 Å². The number of aromatic amines is 1. The van der Waals surface area contributed by atoms with Crippen molar-refractivity contribution in [3.63, 3.8) is 0 Å². The van der Waals surface area contributed by atoms with Crippen molar-refractivity contribution in [1.29, 1.82) is 5.26 Å². The van der Waals surface area contributed by atoms with Gasteiger partial charge in [0.25, 0.3) is 0 Å². The topological polar surface area (TPSA) is 113 Å². The Kier molecular flexibility index (Phi) is 5.53. The molecule has 2 aromatic heterocycles. The maximum Gasteiger partial charge on any atom is 0.212 e. The van der Waals surface area contributed by atoms with Gasteiger partial charge in [0.05, 0.1) is 43.2 Å². The van der Waals surface area contributed by atoms with E-state index in [9.17, 15) is 10.4 Å². The average molecular weight is 484 g/mol. The van der Waals surface area contributed by atoms with Crippen molar-refractivity contribution < 1.29 is 32.8 Å². The molecule has 0 unspecified atom stereocenters. The molecular formula is C24H22F2N4O5. The Morgan fingerprint density at radius 3 is 2.60 bits per heavy atom. The standard InChI is InChI=1S/C24H22F2N4O5/c25-14-7-12(30-3-5-32-6-4-30)8-15(26)20(14)16-1-2-17-21(28-16)13(9-27)24(29-17)35-19-11-34-22-18(31)10-33-23(19)22/h1-2,7-8,18-19,22-23,29,31H,3-6,10-11H2/t18-,19-,22-,23-/m1/s1. The number of nitriles is 1. The number of nitrogens with zero attached hydrogens (tertiary/aromatic N) is 3. The fourth-order valence-corrected chi connectivity index (χ4v) is 4.88. The molecule has 6 rings (SSSR count). The van der Waals surface area contributed by atoms with Gasteiger partial charge < -0.3 is 33.9 Å². The van der Waals surface area contributed by atoms with Gasteiger partial charge in [-0.3, -0.25) is 0 Å². The van der Waals surface area contributed by atoms with Gasteiger partial charge in [0.1, 0.15) is 47.1 Å². The molecule has 4 atom stereocenters. The first kappa shape index (κ1) is 22.2. The molecule has 9 nitrogen and oxygen atoms in total. The summed E-state index contributed by atoms with van der Waals surface area (Å²) in [5, 5.41) is 19.7. The van der Waals surface area contributed by atoms with Gasteiger partial charge in [-0.25, -0.2) is 13.8 Å². The highest BCUT2D eigenvalue weighted by molar-refractivity contribution is 5.87. The van der Waals surface area contributed by atoms with Crippen LogP contribution < -0.4 is 9.64 Å². The SMILES string of the molecule is N#Cc1c(O[C@@H]2CO[C@H]3[C@@H]2OC[C@H]3O)[nH]c2ccc(-c3c(F)cc(N4CCOCC4)cc3F)nc12. The fraction of sp³-hybridized carbons (Fsp3) is 0.417. The van der Waals surface area contributed by atoms with Crippen LogP contribution in [0.3, 0.4) is 0 Å². The Morgan fingerprint density at radius 1 is 1.11 bits per heavy atom. The molecule has 3 aromatic rings. The van der Waals surface area contributed by atoms with Crippen molar-refractivity contribution in [1.82, 2.24) is 9.97 Å². The number of benzene rings is 1. The number of aromatic nitrogens is 2. The zero-order valence-electron chi connectivity index (χ0n) is 18.5. The largest absolute Gasteiger partial charge is 0.469 e. The molecule has 11 heteroatoms. The Bertz CT molecular complexity index is 1300. The van der Waals surface area contributed by atoms with Crippen molar-refractivity contribution in [2.24, 2.45) is 0 Å². The van der Waals surface area contributed by atoms with E-state index in [4.69, 9.17) is 18.9 Å². The number of pyridine rings is 1. The van der Waals surface area contributed by atoms with E-state index in [1.165, 1.54) is 18.2 Å². The molecule has 0 radical (unpaired) electrons. The third-order valence-corrected chi connectivity index (χ3v) is 6.63. The molecule has 3 fully saturated rings. The third-order valence-electron chi connectivity index (χ3n) is 6.63. The number of rotatable bonds is 4. The lowest BCUT2D eigenvalue weighted by atomic mass is 10.1. The predicted octanol–water partition coefficient (Wildman–Crippen LogP) is 2.12. The summed E-state index contributed by atoms with van der Waals surface area (Å²) >= 11 is 0. The summed E-state index contributed by atoms with van der Waals surface area (Å²) in [6, 6.07) is 7.74. The van der Waals surface area contributed by atoms with Crippen molar-refractivity contribution in [3.05, 3.63) is 41.5 Å². The maximum absolute atomic E-state index is 15.1. The van der Waals surface area contributed by atoms with Crippen LogP contribution in [0.5, 0.6) is 5.88 Å². The highest BCUT2D eigenvalue weighted by Gasteiger charge is 2.48. The van der Waals surface area contributed by atoms with E-state index >= 15 is 8.78 Å². The van der Waals surface area contributed by atoms with Crippen LogP contribution in [0, 0.1) is 23.0 Å². The number of morpholine rings is 1. The van der Waals surface area contributed by atoms with Gasteiger partial charge in [0.2, 0.25) is 5.88 Å². The molecule has 0 amide bonds. The fourth-order valence-electron chi connectivity index (χ4n) is 4.88. The summed E-state index contributed by atoms with van der Waals surface area (Å²) in [7, 11) is 0. The Hall–Kier alpha value is -3.30. The van der Waals surface area contributed by atoms with E-state index in [1.54, 1.807) is 6.07 Å². The Morgan fingerprint density at radius 2 is 1.86 bits per heavy atom. The van der Waals surface area contributed by atoms with Crippen molar-refractivity contribution in [2.45, 2.75) is 24.4 Å². The molecule has 3 aliphatic heterocycles. The smallest absolute Gasteiger partial charge is 0.212 e. The number of nitrogens with one attached hydrogen (secondary N) is 1. The average Bonchev–Trinajstić information content (AvgIpc) is 3.54. The molecule has 3 saturated heterocycles. The number of hydrogen-bond acceptors (Lipinski definition) is 8. The normalized spacial score (nSPS) is 26.2. The van der Waals surface area contributed by atoms with Gasteiger partial charge in [-0.15, -0.1) is 0 Å². The first-order valence-corrected chi connectivity index (χ1v) is 11.4. The summed E-state index contributed by atoms with van der Waals surface area (Å²) in [5.74, 6) is -1.32. The van der Waals surface area contributed by atoms with E-state index in [1.807, 2.05) is 4.90 Å². The van der Waals surface area contributed by atoms with Crippen LogP contribution in [0.1, 0.15) is 5.56 Å². The van der Waals surface area contributed by atoms with Crippen LogP contribution in [0.4, 0.5) is 14.5 Å². The Labute approximate surface area is 198 Å².